The number of benzene rings is 1. The van der Waals surface area contributed by atoms with Crippen LogP contribution >= 0.6 is 0 Å². The minimum Gasteiger partial charge on any atom is -0.369 e. The van der Waals surface area contributed by atoms with Gasteiger partial charge in [-0.15, -0.1) is 0 Å². The van der Waals surface area contributed by atoms with Crippen LogP contribution in [0.1, 0.15) is 38.2 Å². The van der Waals surface area contributed by atoms with Crippen molar-refractivity contribution in [1.29, 1.82) is 0 Å². The molecule has 0 spiro atoms. The average Bonchev–Trinajstić information content (AvgIpc) is 3.09. The van der Waals surface area contributed by atoms with Gasteiger partial charge in [-0.1, -0.05) is 12.1 Å². The first kappa shape index (κ1) is 17.4. The molecule has 0 unspecified atom stereocenters. The summed E-state index contributed by atoms with van der Waals surface area (Å²) in [7, 11) is 0. The molecule has 2 heterocycles. The van der Waals surface area contributed by atoms with Gasteiger partial charge in [0.15, 0.2) is 0 Å². The monoisotopic (exact) mass is 334 g/mol. The number of ether oxygens (including phenoxy) is 1. The molecule has 1 aromatic carbocycles. The third-order valence-corrected chi connectivity index (χ3v) is 5.37. The lowest BCUT2D eigenvalue weighted by Gasteiger charge is -2.42. The topological polar surface area (TPSA) is 32.8 Å². The standard InChI is InChI=1S/C19H27FN2O2/c1-16(23)22-12-8-19(9-13-22,17-4-6-18(20)7-5-17)24-15-14-21-10-2-3-11-21/h4-7H,2-3,8-15H2,1H3. The minimum absolute atomic E-state index is 0.111. The quantitative estimate of drug-likeness (QED) is 0.830. The van der Waals surface area contributed by atoms with E-state index in [2.05, 4.69) is 4.90 Å². The molecule has 0 aliphatic carbocycles. The van der Waals surface area contributed by atoms with Gasteiger partial charge < -0.3 is 14.5 Å². The van der Waals surface area contributed by atoms with Gasteiger partial charge in [-0.2, -0.15) is 0 Å². The zero-order valence-corrected chi connectivity index (χ0v) is 14.5. The van der Waals surface area contributed by atoms with Gasteiger partial charge in [0.2, 0.25) is 5.91 Å². The smallest absolute Gasteiger partial charge is 0.219 e. The largest absolute Gasteiger partial charge is 0.369 e. The van der Waals surface area contributed by atoms with Crippen LogP contribution in [0.15, 0.2) is 24.3 Å². The van der Waals surface area contributed by atoms with Crippen molar-refractivity contribution in [3.05, 3.63) is 35.6 Å². The van der Waals surface area contributed by atoms with Crippen LogP contribution in [0.25, 0.3) is 0 Å². The average molecular weight is 334 g/mol. The molecule has 2 aliphatic heterocycles. The first-order valence-corrected chi connectivity index (χ1v) is 8.97. The summed E-state index contributed by atoms with van der Waals surface area (Å²) >= 11 is 0. The van der Waals surface area contributed by atoms with Crippen LogP contribution in [0, 0.1) is 5.82 Å². The van der Waals surface area contributed by atoms with E-state index in [1.54, 1.807) is 6.92 Å². The molecule has 5 heteroatoms. The highest BCUT2D eigenvalue weighted by Crippen LogP contribution is 2.37. The molecule has 2 saturated heterocycles. The molecule has 0 atom stereocenters. The Morgan fingerprint density at radius 2 is 1.75 bits per heavy atom. The van der Waals surface area contributed by atoms with E-state index < -0.39 is 5.60 Å². The second kappa shape index (κ2) is 7.62. The number of carbonyl (C=O) groups excluding carboxylic acids is 1. The van der Waals surface area contributed by atoms with Crippen LogP contribution in [-0.4, -0.2) is 55.0 Å². The van der Waals surface area contributed by atoms with Crippen molar-refractivity contribution < 1.29 is 13.9 Å². The zero-order chi connectivity index (χ0) is 17.0. The first-order chi connectivity index (χ1) is 11.6. The lowest BCUT2D eigenvalue weighted by atomic mass is 9.84. The molecule has 3 rings (SSSR count). The second-order valence-corrected chi connectivity index (χ2v) is 6.90. The van der Waals surface area contributed by atoms with Gasteiger partial charge in [0.1, 0.15) is 5.82 Å². The third kappa shape index (κ3) is 3.95. The normalized spacial score (nSPS) is 21.2. The summed E-state index contributed by atoms with van der Waals surface area (Å²) in [4.78, 5) is 15.9. The van der Waals surface area contributed by atoms with Gasteiger partial charge in [0.05, 0.1) is 12.2 Å². The van der Waals surface area contributed by atoms with Crippen LogP contribution in [-0.2, 0) is 15.1 Å². The van der Waals surface area contributed by atoms with Crippen molar-refractivity contribution in [1.82, 2.24) is 9.80 Å². The Labute approximate surface area is 143 Å². The summed E-state index contributed by atoms with van der Waals surface area (Å²) in [6.07, 6.45) is 4.07. The number of rotatable bonds is 5. The van der Waals surface area contributed by atoms with E-state index in [-0.39, 0.29) is 11.7 Å². The number of amides is 1. The highest BCUT2D eigenvalue weighted by Gasteiger charge is 2.38. The fraction of sp³-hybridized carbons (Fsp3) is 0.632. The molecule has 2 aliphatic rings. The lowest BCUT2D eigenvalue weighted by Crippen LogP contribution is -2.46. The summed E-state index contributed by atoms with van der Waals surface area (Å²) in [6.45, 7) is 6.93. The Morgan fingerprint density at radius 3 is 2.33 bits per heavy atom. The molecule has 2 fully saturated rings. The second-order valence-electron chi connectivity index (χ2n) is 6.90. The van der Waals surface area contributed by atoms with E-state index in [0.717, 1.165) is 38.0 Å². The molecule has 0 N–H and O–H groups in total. The molecule has 1 amide bonds. The number of likely N-dealkylation sites (tertiary alicyclic amines) is 2. The van der Waals surface area contributed by atoms with Crippen LogP contribution in [0.4, 0.5) is 4.39 Å². The maximum absolute atomic E-state index is 13.3. The number of nitrogens with zero attached hydrogens (tertiary/aromatic N) is 2. The van der Waals surface area contributed by atoms with Gasteiger partial charge in [-0.05, 0) is 56.5 Å². The fourth-order valence-electron chi connectivity index (χ4n) is 3.83. The van der Waals surface area contributed by atoms with Gasteiger partial charge in [-0.3, -0.25) is 4.79 Å². The van der Waals surface area contributed by atoms with Crippen molar-refractivity contribution in [2.75, 3.05) is 39.3 Å². The molecular formula is C19H27FN2O2. The van der Waals surface area contributed by atoms with Crippen LogP contribution < -0.4 is 0 Å². The van der Waals surface area contributed by atoms with E-state index in [9.17, 15) is 9.18 Å². The Hall–Kier alpha value is -1.46. The predicted octanol–water partition coefficient (Wildman–Crippen LogP) is 2.78. The molecule has 24 heavy (non-hydrogen) atoms. The van der Waals surface area contributed by atoms with Gasteiger partial charge in [-0.25, -0.2) is 4.39 Å². The van der Waals surface area contributed by atoms with Crippen LogP contribution in [0.2, 0.25) is 0 Å². The maximum atomic E-state index is 13.3. The number of hydrogen-bond acceptors (Lipinski definition) is 3. The van der Waals surface area contributed by atoms with E-state index in [1.165, 1.54) is 25.0 Å². The van der Waals surface area contributed by atoms with Crippen LogP contribution in [0.5, 0.6) is 0 Å². The van der Waals surface area contributed by atoms with Crippen molar-refractivity contribution in [3.8, 4) is 0 Å². The summed E-state index contributed by atoms with van der Waals surface area (Å²) in [5.41, 5.74) is 0.618. The Bertz CT molecular complexity index is 547. The summed E-state index contributed by atoms with van der Waals surface area (Å²) < 4.78 is 19.7. The molecule has 0 bridgehead atoms. The maximum Gasteiger partial charge on any atom is 0.219 e. The minimum atomic E-state index is -0.403. The van der Waals surface area contributed by atoms with E-state index in [0.29, 0.717) is 19.7 Å². The summed E-state index contributed by atoms with van der Waals surface area (Å²) in [5, 5.41) is 0. The first-order valence-electron chi connectivity index (χ1n) is 8.97. The third-order valence-electron chi connectivity index (χ3n) is 5.37. The molecule has 0 aromatic heterocycles. The number of hydrogen-bond donors (Lipinski definition) is 0. The summed E-state index contributed by atoms with van der Waals surface area (Å²) in [6, 6.07) is 6.65. The summed E-state index contributed by atoms with van der Waals surface area (Å²) in [5.74, 6) is -0.119. The molecule has 0 radical (unpaired) electrons. The van der Waals surface area contributed by atoms with E-state index in [1.807, 2.05) is 17.0 Å². The van der Waals surface area contributed by atoms with Crippen molar-refractivity contribution in [3.63, 3.8) is 0 Å². The lowest BCUT2D eigenvalue weighted by molar-refractivity contribution is -0.137. The molecule has 1 aromatic rings. The number of piperidine rings is 1. The van der Waals surface area contributed by atoms with Gasteiger partial charge in [0.25, 0.3) is 0 Å². The number of carbonyl (C=O) groups is 1. The molecule has 4 nitrogen and oxygen atoms in total. The van der Waals surface area contributed by atoms with Gasteiger partial charge in [0, 0.05) is 26.6 Å². The zero-order valence-electron chi connectivity index (χ0n) is 14.5. The SMILES string of the molecule is CC(=O)N1CCC(OCCN2CCCC2)(c2ccc(F)cc2)CC1. The highest BCUT2D eigenvalue weighted by molar-refractivity contribution is 5.73. The fourth-order valence-corrected chi connectivity index (χ4v) is 3.83. The molecule has 132 valence electrons. The molecule has 0 saturated carbocycles. The Kier molecular flexibility index (Phi) is 5.51. The van der Waals surface area contributed by atoms with E-state index >= 15 is 0 Å². The van der Waals surface area contributed by atoms with E-state index in [4.69, 9.17) is 4.74 Å². The predicted molar refractivity (Wildman–Crippen MR) is 91.2 cm³/mol. The van der Waals surface area contributed by atoms with Gasteiger partial charge >= 0.3 is 0 Å². The highest BCUT2D eigenvalue weighted by atomic mass is 19.1. The Morgan fingerprint density at radius 1 is 1.12 bits per heavy atom. The van der Waals surface area contributed by atoms with Crippen molar-refractivity contribution >= 4 is 5.91 Å². The van der Waals surface area contributed by atoms with Crippen LogP contribution in [0.3, 0.4) is 0 Å². The van der Waals surface area contributed by atoms with Crippen molar-refractivity contribution in [2.24, 2.45) is 0 Å². The Balaban J connectivity index is 1.68. The molecular weight excluding hydrogens is 307 g/mol. The number of halogens is 1. The van der Waals surface area contributed by atoms with Crippen molar-refractivity contribution in [2.45, 2.75) is 38.2 Å².